The molecule has 3 rings (SSSR count). The first kappa shape index (κ1) is 14.2. The van der Waals surface area contributed by atoms with Gasteiger partial charge in [-0.15, -0.1) is 0 Å². The molecule has 18 heavy (non-hydrogen) atoms. The molecule has 1 heterocycles. The Morgan fingerprint density at radius 1 is 1.17 bits per heavy atom. The zero-order valence-corrected chi connectivity index (χ0v) is 13.4. The van der Waals surface area contributed by atoms with Crippen LogP contribution in [0.25, 0.3) is 0 Å². The molecule has 2 aliphatic rings. The Labute approximate surface area is 120 Å². The number of aromatic amines is 1. The molecule has 0 aliphatic heterocycles. The van der Waals surface area contributed by atoms with E-state index in [4.69, 9.17) is 5.73 Å². The zero-order chi connectivity index (χ0) is 13.0. The Morgan fingerprint density at radius 3 is 2.17 bits per heavy atom. The maximum Gasteiger partial charge on any atom is 0.00388 e. The maximum atomic E-state index is 5.38. The number of aromatic nitrogens is 3. The average molecular weight is 431 g/mol. The SMILES string of the molecule is Cn1[nH]c(C2CCCCC2)n[c]1=[Pt].NC1CCC1. The molecule has 2 aliphatic carbocycles. The summed E-state index contributed by atoms with van der Waals surface area (Å²) in [6.07, 6.45) is 10.6. The molecule has 0 atom stereocenters. The van der Waals surface area contributed by atoms with Crippen molar-refractivity contribution in [2.75, 3.05) is 0 Å². The molecule has 4 nitrogen and oxygen atoms in total. The van der Waals surface area contributed by atoms with E-state index in [0.717, 1.165) is 3.80 Å². The summed E-state index contributed by atoms with van der Waals surface area (Å²) in [6.45, 7) is 0. The van der Waals surface area contributed by atoms with Crippen LogP contribution < -0.4 is 5.73 Å². The Morgan fingerprint density at radius 2 is 1.78 bits per heavy atom. The van der Waals surface area contributed by atoms with Crippen LogP contribution in [0.5, 0.6) is 0 Å². The molecule has 2 saturated carbocycles. The van der Waals surface area contributed by atoms with E-state index in [1.807, 2.05) is 11.7 Å². The predicted octanol–water partition coefficient (Wildman–Crippen LogP) is 2.37. The number of nitrogens with zero attached hydrogens (tertiary/aromatic N) is 2. The van der Waals surface area contributed by atoms with Gasteiger partial charge in [0, 0.05) is 6.04 Å². The summed E-state index contributed by atoms with van der Waals surface area (Å²) in [6, 6.07) is 0.565. The first-order chi connectivity index (χ1) is 8.66. The average Bonchev–Trinajstić information content (AvgIpc) is 2.69. The van der Waals surface area contributed by atoms with Crippen molar-refractivity contribution in [1.29, 1.82) is 0 Å². The fourth-order valence-electron chi connectivity index (χ4n) is 2.40. The molecular formula is C13H24N4Pt. The first-order valence-electron chi connectivity index (χ1n) is 7.00. The van der Waals surface area contributed by atoms with Gasteiger partial charge in [0.1, 0.15) is 0 Å². The van der Waals surface area contributed by atoms with Gasteiger partial charge in [-0.1, -0.05) is 6.42 Å². The monoisotopic (exact) mass is 431 g/mol. The molecule has 3 N–H and O–H groups in total. The summed E-state index contributed by atoms with van der Waals surface area (Å²) in [5.74, 6) is 1.87. The third-order valence-electron chi connectivity index (χ3n) is 3.89. The summed E-state index contributed by atoms with van der Waals surface area (Å²) < 4.78 is 3.05. The number of rotatable bonds is 1. The Hall–Kier alpha value is -0.212. The summed E-state index contributed by atoms with van der Waals surface area (Å²) in [4.78, 5) is 4.53. The number of nitrogens with one attached hydrogen (secondary N) is 1. The van der Waals surface area contributed by atoms with E-state index >= 15 is 0 Å². The molecule has 5 heteroatoms. The number of H-pyrrole nitrogens is 1. The van der Waals surface area contributed by atoms with Crippen molar-refractivity contribution in [3.63, 3.8) is 0 Å². The molecule has 0 radical (unpaired) electrons. The van der Waals surface area contributed by atoms with Crippen LogP contribution in [-0.2, 0) is 26.4 Å². The third kappa shape index (κ3) is 3.89. The molecule has 0 amide bonds. The van der Waals surface area contributed by atoms with Gasteiger partial charge in [-0.3, -0.25) is 0 Å². The van der Waals surface area contributed by atoms with Gasteiger partial charge in [0.05, 0.1) is 0 Å². The number of hydrogen-bond donors (Lipinski definition) is 2. The van der Waals surface area contributed by atoms with Crippen molar-refractivity contribution in [1.82, 2.24) is 14.8 Å². The largest absolute Gasteiger partial charge is 0.328 e. The third-order valence-corrected chi connectivity index (χ3v) is 4.90. The predicted molar refractivity (Wildman–Crippen MR) is 68.5 cm³/mol. The molecule has 1 aromatic rings. The van der Waals surface area contributed by atoms with Gasteiger partial charge >= 0.3 is 88.8 Å². The molecule has 106 valence electrons. The van der Waals surface area contributed by atoms with Gasteiger partial charge in [-0.25, -0.2) is 0 Å². The Kier molecular flexibility index (Phi) is 5.37. The van der Waals surface area contributed by atoms with E-state index < -0.39 is 0 Å². The molecule has 1 aromatic heterocycles. The van der Waals surface area contributed by atoms with Gasteiger partial charge in [0.25, 0.3) is 0 Å². The van der Waals surface area contributed by atoms with Crippen molar-refractivity contribution in [2.45, 2.75) is 63.3 Å². The van der Waals surface area contributed by atoms with Gasteiger partial charge in [0.2, 0.25) is 0 Å². The van der Waals surface area contributed by atoms with Crippen LogP contribution in [0.1, 0.15) is 63.1 Å². The number of hydrogen-bond acceptors (Lipinski definition) is 2. The fourth-order valence-corrected chi connectivity index (χ4v) is 2.81. The molecule has 0 unspecified atom stereocenters. The second kappa shape index (κ2) is 6.81. The van der Waals surface area contributed by atoms with E-state index in [0.29, 0.717) is 12.0 Å². The van der Waals surface area contributed by atoms with E-state index in [-0.39, 0.29) is 0 Å². The minimum Gasteiger partial charge on any atom is -0.328 e. The van der Waals surface area contributed by atoms with Crippen LogP contribution in [0.15, 0.2) is 0 Å². The number of nitrogens with two attached hydrogens (primary N) is 1. The van der Waals surface area contributed by atoms with Crippen LogP contribution in [0.3, 0.4) is 0 Å². The van der Waals surface area contributed by atoms with Gasteiger partial charge < -0.3 is 5.73 Å². The molecule has 0 spiro atoms. The smallest absolute Gasteiger partial charge is 0.00388 e. The molecule has 0 bridgehead atoms. The van der Waals surface area contributed by atoms with Crippen LogP contribution in [0.4, 0.5) is 0 Å². The summed E-state index contributed by atoms with van der Waals surface area (Å²) in [5, 5.41) is 3.31. The van der Waals surface area contributed by atoms with Crippen molar-refractivity contribution in [2.24, 2.45) is 12.8 Å². The first-order valence-corrected chi connectivity index (χ1v) is 8.14. The summed E-state index contributed by atoms with van der Waals surface area (Å²) in [5.41, 5.74) is 5.38. The van der Waals surface area contributed by atoms with E-state index in [1.54, 1.807) is 0 Å². The molecule has 0 aromatic carbocycles. The van der Waals surface area contributed by atoms with E-state index in [2.05, 4.69) is 29.4 Å². The van der Waals surface area contributed by atoms with Gasteiger partial charge in [-0.05, 0) is 12.8 Å². The van der Waals surface area contributed by atoms with Gasteiger partial charge in [0.15, 0.2) is 0 Å². The van der Waals surface area contributed by atoms with Crippen LogP contribution in [0.2, 0.25) is 0 Å². The minimum atomic E-state index is 0.565. The second-order valence-corrected chi connectivity index (χ2v) is 6.45. The zero-order valence-electron chi connectivity index (χ0n) is 11.1. The van der Waals surface area contributed by atoms with E-state index in [1.165, 1.54) is 57.2 Å². The minimum absolute atomic E-state index is 0.565. The van der Waals surface area contributed by atoms with Crippen molar-refractivity contribution >= 4 is 0 Å². The Bertz CT molecular complexity index is 413. The number of aryl methyl sites for hydroxylation is 1. The quantitative estimate of drug-likeness (QED) is 0.718. The van der Waals surface area contributed by atoms with Crippen LogP contribution in [0, 0.1) is 3.80 Å². The molecule has 2 fully saturated rings. The van der Waals surface area contributed by atoms with Gasteiger partial charge in [-0.2, -0.15) is 0 Å². The molecular weight excluding hydrogens is 407 g/mol. The normalized spacial score (nSPS) is 21.1. The van der Waals surface area contributed by atoms with Crippen LogP contribution >= 0.6 is 0 Å². The van der Waals surface area contributed by atoms with E-state index in [9.17, 15) is 0 Å². The Balaban J connectivity index is 0.000000202. The summed E-state index contributed by atoms with van der Waals surface area (Å²) >= 11 is 2.25. The van der Waals surface area contributed by atoms with Crippen molar-refractivity contribution < 1.29 is 19.4 Å². The van der Waals surface area contributed by atoms with Crippen molar-refractivity contribution in [3.05, 3.63) is 9.63 Å². The van der Waals surface area contributed by atoms with Crippen molar-refractivity contribution in [3.8, 4) is 0 Å². The topological polar surface area (TPSA) is 59.6 Å². The standard InChI is InChI=1S/C9H15N3.C4H9N.Pt/c1-12-7-10-9(11-12)8-5-3-2-4-6-8;5-4-2-1-3-4;/h8H,2-6H2,1H3,(H,10,11);4H,1-3,5H2;. The summed E-state index contributed by atoms with van der Waals surface area (Å²) in [7, 11) is 2.02. The molecule has 0 saturated heterocycles. The maximum absolute atomic E-state index is 5.38. The van der Waals surface area contributed by atoms with Crippen LogP contribution in [-0.4, -0.2) is 20.8 Å². The second-order valence-electron chi connectivity index (χ2n) is 5.44. The fraction of sp³-hybridized carbons (Fsp3) is 0.846.